The largest absolute Gasteiger partial charge is 0.324 e. The summed E-state index contributed by atoms with van der Waals surface area (Å²) in [7, 11) is 1.92. The molecule has 2 aliphatic rings. The van der Waals surface area contributed by atoms with Crippen LogP contribution in [-0.2, 0) is 5.54 Å². The smallest absolute Gasteiger partial charge is 0.255 e. The van der Waals surface area contributed by atoms with Crippen LogP contribution in [0.15, 0.2) is 72.8 Å². The van der Waals surface area contributed by atoms with Gasteiger partial charge >= 0.3 is 0 Å². The second kappa shape index (κ2) is 4.93. The van der Waals surface area contributed by atoms with E-state index in [0.717, 1.165) is 33.4 Å². The Hall–Kier alpha value is -3.13. The molecule has 0 radical (unpaired) electrons. The first-order valence-electron chi connectivity index (χ1n) is 8.49. The minimum atomic E-state index is -0.593. The molecule has 1 spiro atoms. The van der Waals surface area contributed by atoms with Crippen LogP contribution in [0.5, 0.6) is 0 Å². The lowest BCUT2D eigenvalue weighted by Gasteiger charge is -2.39. The molecule has 0 N–H and O–H groups in total. The summed E-state index contributed by atoms with van der Waals surface area (Å²) in [6.45, 7) is 0. The lowest BCUT2D eigenvalue weighted by molar-refractivity contribution is 0.0736. The molecule has 0 fully saturated rings. The van der Waals surface area contributed by atoms with Gasteiger partial charge in [0.1, 0.15) is 5.54 Å². The number of rotatable bonds is 0. The SMILES string of the molecule is CN1C(=O)c2ccccc2C12c1ccccc1C=Cc1ccccc12. The first-order valence-corrected chi connectivity index (χ1v) is 8.49. The van der Waals surface area contributed by atoms with E-state index in [1.165, 1.54) is 0 Å². The lowest BCUT2D eigenvalue weighted by Crippen LogP contribution is -2.43. The Kier molecular flexibility index (Phi) is 2.81. The molecule has 25 heavy (non-hydrogen) atoms. The van der Waals surface area contributed by atoms with E-state index in [1.54, 1.807) is 0 Å². The van der Waals surface area contributed by atoms with Gasteiger partial charge in [0.05, 0.1) is 0 Å². The third-order valence-corrected chi connectivity index (χ3v) is 5.50. The summed E-state index contributed by atoms with van der Waals surface area (Å²) in [5.74, 6) is 0.0714. The van der Waals surface area contributed by atoms with Gasteiger partial charge in [0.2, 0.25) is 0 Å². The van der Waals surface area contributed by atoms with Gasteiger partial charge in [-0.05, 0) is 33.9 Å². The first-order chi connectivity index (χ1) is 12.2. The van der Waals surface area contributed by atoms with Gasteiger partial charge in [-0.3, -0.25) is 4.79 Å². The van der Waals surface area contributed by atoms with Gasteiger partial charge in [-0.25, -0.2) is 0 Å². The molecule has 2 heteroatoms. The molecule has 0 aromatic heterocycles. The van der Waals surface area contributed by atoms with Crippen molar-refractivity contribution in [2.75, 3.05) is 7.05 Å². The van der Waals surface area contributed by atoms with Crippen molar-refractivity contribution in [2.24, 2.45) is 0 Å². The maximum atomic E-state index is 13.1. The normalized spacial score (nSPS) is 16.4. The van der Waals surface area contributed by atoms with Crippen LogP contribution in [0.1, 0.15) is 38.2 Å². The Morgan fingerprint density at radius 3 is 1.76 bits per heavy atom. The zero-order valence-corrected chi connectivity index (χ0v) is 13.9. The second-order valence-electron chi connectivity index (χ2n) is 6.63. The molecule has 5 rings (SSSR count). The molecule has 1 aliphatic carbocycles. The van der Waals surface area contributed by atoms with Crippen LogP contribution in [-0.4, -0.2) is 17.9 Å². The van der Waals surface area contributed by atoms with Gasteiger partial charge < -0.3 is 4.90 Å². The molecule has 3 aromatic rings. The van der Waals surface area contributed by atoms with Gasteiger partial charge in [-0.15, -0.1) is 0 Å². The highest BCUT2D eigenvalue weighted by atomic mass is 16.2. The number of benzene rings is 3. The molecule has 0 atom stereocenters. The van der Waals surface area contributed by atoms with Gasteiger partial charge in [0.25, 0.3) is 5.91 Å². The number of carbonyl (C=O) groups is 1. The van der Waals surface area contributed by atoms with Crippen molar-refractivity contribution in [1.82, 2.24) is 4.90 Å². The lowest BCUT2D eigenvalue weighted by atomic mass is 9.75. The van der Waals surface area contributed by atoms with Crippen LogP contribution < -0.4 is 0 Å². The van der Waals surface area contributed by atoms with Crippen molar-refractivity contribution < 1.29 is 4.79 Å². The van der Waals surface area contributed by atoms with Crippen molar-refractivity contribution in [2.45, 2.75) is 5.54 Å². The second-order valence-corrected chi connectivity index (χ2v) is 6.63. The van der Waals surface area contributed by atoms with Gasteiger partial charge in [0.15, 0.2) is 0 Å². The molecule has 120 valence electrons. The predicted molar refractivity (Wildman–Crippen MR) is 100 cm³/mol. The Bertz CT molecular complexity index is 998. The van der Waals surface area contributed by atoms with Crippen LogP contribution in [0.4, 0.5) is 0 Å². The Morgan fingerprint density at radius 2 is 1.16 bits per heavy atom. The average molecular weight is 323 g/mol. The maximum absolute atomic E-state index is 13.1. The molecule has 1 aliphatic heterocycles. The van der Waals surface area contributed by atoms with E-state index in [0.29, 0.717) is 0 Å². The molecule has 2 nitrogen and oxygen atoms in total. The summed E-state index contributed by atoms with van der Waals surface area (Å²) >= 11 is 0. The van der Waals surface area contributed by atoms with Crippen molar-refractivity contribution in [3.8, 4) is 0 Å². The quantitative estimate of drug-likeness (QED) is 0.594. The van der Waals surface area contributed by atoms with E-state index < -0.39 is 5.54 Å². The topological polar surface area (TPSA) is 20.3 Å². The fourth-order valence-electron chi connectivity index (χ4n) is 4.42. The average Bonchev–Trinajstić information content (AvgIpc) is 2.80. The van der Waals surface area contributed by atoms with E-state index in [-0.39, 0.29) is 5.91 Å². The third kappa shape index (κ3) is 1.66. The molecular weight excluding hydrogens is 306 g/mol. The number of amides is 1. The monoisotopic (exact) mass is 323 g/mol. The van der Waals surface area contributed by atoms with E-state index in [1.807, 2.05) is 30.1 Å². The molecule has 0 saturated heterocycles. The van der Waals surface area contributed by atoms with Gasteiger partial charge in [-0.2, -0.15) is 0 Å². The summed E-state index contributed by atoms with van der Waals surface area (Å²) in [5, 5.41) is 0. The minimum absolute atomic E-state index is 0.0714. The first kappa shape index (κ1) is 14.2. The van der Waals surface area contributed by atoms with E-state index in [9.17, 15) is 4.79 Å². The number of nitrogens with zero attached hydrogens (tertiary/aromatic N) is 1. The minimum Gasteiger partial charge on any atom is -0.324 e. The molecule has 1 amide bonds. The standard InChI is InChI=1S/C23H17NO/c1-24-22(25)18-10-4-7-13-21(18)23(24)19-11-5-2-8-16(19)14-15-17-9-3-6-12-20(17)23/h2-15H,1H3. The third-order valence-electron chi connectivity index (χ3n) is 5.50. The zero-order chi connectivity index (χ0) is 17.0. The van der Waals surface area contributed by atoms with Gasteiger partial charge in [0, 0.05) is 12.6 Å². The van der Waals surface area contributed by atoms with Crippen molar-refractivity contribution in [3.05, 3.63) is 106 Å². The van der Waals surface area contributed by atoms with E-state index in [4.69, 9.17) is 0 Å². The zero-order valence-electron chi connectivity index (χ0n) is 13.9. The molecular formula is C23H17NO. The summed E-state index contributed by atoms with van der Waals surface area (Å²) in [4.78, 5) is 15.0. The highest BCUT2D eigenvalue weighted by Crippen LogP contribution is 2.51. The van der Waals surface area contributed by atoms with Crippen molar-refractivity contribution in [1.29, 1.82) is 0 Å². The summed E-state index contributed by atoms with van der Waals surface area (Å²) in [5.41, 5.74) is 5.85. The number of fused-ring (bicyclic) bond motifs is 6. The molecule has 0 saturated carbocycles. The summed E-state index contributed by atoms with van der Waals surface area (Å²) in [6.07, 6.45) is 4.31. The van der Waals surface area contributed by atoms with Crippen LogP contribution in [0.3, 0.4) is 0 Å². The van der Waals surface area contributed by atoms with E-state index in [2.05, 4.69) is 66.7 Å². The summed E-state index contributed by atoms with van der Waals surface area (Å²) in [6, 6.07) is 24.8. The van der Waals surface area contributed by atoms with Crippen LogP contribution in [0.2, 0.25) is 0 Å². The summed E-state index contributed by atoms with van der Waals surface area (Å²) < 4.78 is 0. The molecule has 0 bridgehead atoms. The Labute approximate surface area is 147 Å². The van der Waals surface area contributed by atoms with Crippen LogP contribution >= 0.6 is 0 Å². The van der Waals surface area contributed by atoms with Crippen LogP contribution in [0.25, 0.3) is 12.2 Å². The van der Waals surface area contributed by atoms with Crippen molar-refractivity contribution in [3.63, 3.8) is 0 Å². The van der Waals surface area contributed by atoms with Crippen LogP contribution in [0, 0.1) is 0 Å². The highest BCUT2D eigenvalue weighted by molar-refractivity contribution is 6.02. The highest BCUT2D eigenvalue weighted by Gasteiger charge is 2.52. The van der Waals surface area contributed by atoms with E-state index >= 15 is 0 Å². The number of carbonyl (C=O) groups excluding carboxylic acids is 1. The maximum Gasteiger partial charge on any atom is 0.255 e. The fraction of sp³-hybridized carbons (Fsp3) is 0.0870. The number of hydrogen-bond acceptors (Lipinski definition) is 1. The molecule has 3 aromatic carbocycles. The van der Waals surface area contributed by atoms with Crippen molar-refractivity contribution >= 4 is 18.1 Å². The fourth-order valence-corrected chi connectivity index (χ4v) is 4.42. The Balaban J connectivity index is 2.00. The van der Waals surface area contributed by atoms with Gasteiger partial charge in [-0.1, -0.05) is 78.9 Å². The predicted octanol–water partition coefficient (Wildman–Crippen LogP) is 4.55. The Morgan fingerprint density at radius 1 is 0.680 bits per heavy atom. The molecule has 1 heterocycles. The number of hydrogen-bond donors (Lipinski definition) is 0. The molecule has 0 unspecified atom stereocenters.